The lowest BCUT2D eigenvalue weighted by Crippen LogP contribution is -2.31. The van der Waals surface area contributed by atoms with Crippen molar-refractivity contribution < 1.29 is 9.53 Å². The number of nitrogens with one attached hydrogen (secondary N) is 1. The lowest BCUT2D eigenvalue weighted by molar-refractivity contribution is 0.0925. The Morgan fingerprint density at radius 2 is 1.63 bits per heavy atom. The molecule has 0 radical (unpaired) electrons. The van der Waals surface area contributed by atoms with E-state index in [4.69, 9.17) is 9.72 Å². The Kier molecular flexibility index (Phi) is 9.01. The molecule has 0 saturated carbocycles. The molecule has 3 aromatic carbocycles. The highest BCUT2D eigenvalue weighted by molar-refractivity contribution is 6.00. The predicted octanol–water partition coefficient (Wildman–Crippen LogP) is 8.03. The summed E-state index contributed by atoms with van der Waals surface area (Å²) in [6.07, 6.45) is 2.97. The van der Waals surface area contributed by atoms with Crippen LogP contribution in [0.4, 0.5) is 0 Å². The summed E-state index contributed by atoms with van der Waals surface area (Å²) in [5, 5.41) is 3.37. The monoisotopic (exact) mass is 509 g/mol. The van der Waals surface area contributed by atoms with Gasteiger partial charge in [0.05, 0.1) is 13.2 Å². The number of carbonyl (C=O) groups is 1. The third kappa shape index (κ3) is 5.83. The van der Waals surface area contributed by atoms with Crippen molar-refractivity contribution in [2.24, 2.45) is 0 Å². The van der Waals surface area contributed by atoms with Gasteiger partial charge in [-0.1, -0.05) is 100 Å². The summed E-state index contributed by atoms with van der Waals surface area (Å²) in [5.41, 5.74) is 5.29. The van der Waals surface area contributed by atoms with Crippen molar-refractivity contribution in [3.8, 4) is 28.4 Å². The van der Waals surface area contributed by atoms with Gasteiger partial charge in [0.15, 0.2) is 0 Å². The van der Waals surface area contributed by atoms with E-state index in [1.54, 1.807) is 7.11 Å². The normalized spacial score (nSPS) is 11.9. The molecule has 1 aromatic heterocycles. The molecular weight excluding hydrogens is 470 g/mol. The average Bonchev–Trinajstić information content (AvgIpc) is 3.35. The minimum Gasteiger partial charge on any atom is -0.496 e. The molecule has 0 aliphatic rings. The molecular formula is C33H39N3O2. The second-order valence-corrected chi connectivity index (χ2v) is 9.94. The van der Waals surface area contributed by atoms with E-state index in [0.29, 0.717) is 29.6 Å². The number of unbranched alkanes of at least 4 members (excludes halogenated alkanes) is 1. The number of aromatic nitrogens is 2. The van der Waals surface area contributed by atoms with E-state index >= 15 is 0 Å². The highest BCUT2D eigenvalue weighted by Crippen LogP contribution is 2.37. The Bertz CT molecular complexity index is 1340. The molecule has 5 nitrogen and oxygen atoms in total. The molecule has 1 atom stereocenters. The van der Waals surface area contributed by atoms with Crippen molar-refractivity contribution in [2.75, 3.05) is 7.11 Å². The standard InChI is InChI=1S/C33H39N3O2/c1-6-8-19-28(24-15-11-9-12-16-24)34-33(37)31-30(27-22-26(23(3)4)20-21-29(27)38-5)35-32(36(31)7-2)25-17-13-10-14-18-25/h9-18,20-23,28H,6-8,19H2,1-5H3,(H,34,37). The van der Waals surface area contributed by atoms with Gasteiger partial charge in [-0.05, 0) is 42.5 Å². The first kappa shape index (κ1) is 27.2. The summed E-state index contributed by atoms with van der Waals surface area (Å²) < 4.78 is 7.81. The molecule has 0 saturated heterocycles. The first-order valence-electron chi connectivity index (χ1n) is 13.7. The third-order valence-electron chi connectivity index (χ3n) is 7.03. The van der Waals surface area contributed by atoms with Gasteiger partial charge in [0.2, 0.25) is 0 Å². The van der Waals surface area contributed by atoms with E-state index in [1.807, 2.05) is 59.2 Å². The van der Waals surface area contributed by atoms with Gasteiger partial charge < -0.3 is 14.6 Å². The number of rotatable bonds is 11. The molecule has 0 bridgehead atoms. The average molecular weight is 510 g/mol. The van der Waals surface area contributed by atoms with Crippen molar-refractivity contribution in [3.63, 3.8) is 0 Å². The van der Waals surface area contributed by atoms with Crippen LogP contribution in [0, 0.1) is 0 Å². The number of carbonyl (C=O) groups excluding carboxylic acids is 1. The van der Waals surface area contributed by atoms with Gasteiger partial charge in [-0.15, -0.1) is 0 Å². The number of hydrogen-bond acceptors (Lipinski definition) is 3. The van der Waals surface area contributed by atoms with Crippen LogP contribution in [0.15, 0.2) is 78.9 Å². The third-order valence-corrected chi connectivity index (χ3v) is 7.03. The van der Waals surface area contributed by atoms with E-state index in [0.717, 1.165) is 41.8 Å². The van der Waals surface area contributed by atoms with Gasteiger partial charge in [-0.3, -0.25) is 4.79 Å². The number of methoxy groups -OCH3 is 1. The summed E-state index contributed by atoms with van der Waals surface area (Å²) in [6.45, 7) is 9.17. The second-order valence-electron chi connectivity index (χ2n) is 9.94. The summed E-state index contributed by atoms with van der Waals surface area (Å²) in [4.78, 5) is 19.3. The molecule has 1 N–H and O–H groups in total. The van der Waals surface area contributed by atoms with Crippen molar-refractivity contribution in [2.45, 2.75) is 65.5 Å². The quantitative estimate of drug-likeness (QED) is 0.223. The van der Waals surface area contributed by atoms with Crippen molar-refractivity contribution in [1.29, 1.82) is 0 Å². The highest BCUT2D eigenvalue weighted by Gasteiger charge is 2.28. The highest BCUT2D eigenvalue weighted by atomic mass is 16.5. The molecule has 0 fully saturated rings. The van der Waals surface area contributed by atoms with Gasteiger partial charge in [0, 0.05) is 17.7 Å². The number of nitrogens with zero attached hydrogens (tertiary/aromatic N) is 2. The minimum absolute atomic E-state index is 0.0826. The fraction of sp³-hybridized carbons (Fsp3) is 0.333. The van der Waals surface area contributed by atoms with Crippen LogP contribution in [0.2, 0.25) is 0 Å². The molecule has 1 amide bonds. The predicted molar refractivity (Wildman–Crippen MR) is 156 cm³/mol. The molecule has 0 aliphatic heterocycles. The van der Waals surface area contributed by atoms with E-state index in [-0.39, 0.29) is 11.9 Å². The second kappa shape index (κ2) is 12.6. The van der Waals surface area contributed by atoms with Gasteiger partial charge in [0.25, 0.3) is 5.91 Å². The molecule has 5 heteroatoms. The van der Waals surface area contributed by atoms with Crippen LogP contribution in [0.5, 0.6) is 5.75 Å². The lowest BCUT2D eigenvalue weighted by Gasteiger charge is -2.20. The van der Waals surface area contributed by atoms with E-state index in [9.17, 15) is 4.79 Å². The summed E-state index contributed by atoms with van der Waals surface area (Å²) in [6, 6.07) is 26.4. The first-order chi connectivity index (χ1) is 18.5. The number of hydrogen-bond donors (Lipinski definition) is 1. The Morgan fingerprint density at radius 1 is 0.947 bits per heavy atom. The van der Waals surface area contributed by atoms with Gasteiger partial charge in [-0.25, -0.2) is 4.98 Å². The number of ether oxygens (including phenoxy) is 1. The lowest BCUT2D eigenvalue weighted by atomic mass is 9.97. The van der Waals surface area contributed by atoms with Crippen LogP contribution in [-0.2, 0) is 6.54 Å². The Balaban J connectivity index is 1.89. The Morgan fingerprint density at radius 3 is 2.24 bits per heavy atom. The molecule has 4 rings (SSSR count). The van der Waals surface area contributed by atoms with Gasteiger partial charge in [0.1, 0.15) is 23.0 Å². The first-order valence-corrected chi connectivity index (χ1v) is 13.7. The molecule has 0 aliphatic carbocycles. The fourth-order valence-corrected chi connectivity index (χ4v) is 4.90. The summed E-state index contributed by atoms with van der Waals surface area (Å²) in [7, 11) is 1.67. The van der Waals surface area contributed by atoms with Crippen LogP contribution < -0.4 is 10.1 Å². The van der Waals surface area contributed by atoms with Crippen LogP contribution in [0.25, 0.3) is 22.6 Å². The largest absolute Gasteiger partial charge is 0.496 e. The van der Waals surface area contributed by atoms with Crippen LogP contribution in [0.3, 0.4) is 0 Å². The Hall–Kier alpha value is -3.86. The zero-order valence-electron chi connectivity index (χ0n) is 23.2. The van der Waals surface area contributed by atoms with Gasteiger partial charge in [-0.2, -0.15) is 0 Å². The summed E-state index contributed by atoms with van der Waals surface area (Å²) >= 11 is 0. The van der Waals surface area contributed by atoms with Crippen molar-refractivity contribution in [3.05, 3.63) is 95.7 Å². The van der Waals surface area contributed by atoms with E-state index in [1.165, 1.54) is 5.56 Å². The molecule has 38 heavy (non-hydrogen) atoms. The van der Waals surface area contributed by atoms with E-state index in [2.05, 4.69) is 57.3 Å². The Labute approximate surface area is 226 Å². The zero-order chi connectivity index (χ0) is 27.1. The maximum absolute atomic E-state index is 14.2. The van der Waals surface area contributed by atoms with Crippen LogP contribution in [-0.4, -0.2) is 22.6 Å². The molecule has 1 heterocycles. The minimum atomic E-state index is -0.126. The van der Waals surface area contributed by atoms with E-state index < -0.39 is 0 Å². The van der Waals surface area contributed by atoms with Crippen molar-refractivity contribution in [1.82, 2.24) is 14.9 Å². The zero-order valence-corrected chi connectivity index (χ0v) is 23.2. The van der Waals surface area contributed by atoms with Crippen LogP contribution in [0.1, 0.15) is 80.5 Å². The molecule has 1 unspecified atom stereocenters. The number of imidazole rings is 1. The maximum Gasteiger partial charge on any atom is 0.270 e. The molecule has 198 valence electrons. The topological polar surface area (TPSA) is 56.1 Å². The molecule has 4 aromatic rings. The fourth-order valence-electron chi connectivity index (χ4n) is 4.90. The molecule has 0 spiro atoms. The summed E-state index contributed by atoms with van der Waals surface area (Å²) in [5.74, 6) is 1.68. The van der Waals surface area contributed by atoms with Crippen molar-refractivity contribution >= 4 is 5.91 Å². The maximum atomic E-state index is 14.2. The SMILES string of the molecule is CCCCC(NC(=O)c1c(-c2cc(C(C)C)ccc2OC)nc(-c2ccccc2)n1CC)c1ccccc1. The van der Waals surface area contributed by atoms with Gasteiger partial charge >= 0.3 is 0 Å². The number of amides is 1. The smallest absolute Gasteiger partial charge is 0.270 e. The number of benzene rings is 3. The van der Waals surface area contributed by atoms with Crippen LogP contribution >= 0.6 is 0 Å².